The number of hydrogen-bond donors (Lipinski definition) is 1. The fraction of sp³-hybridized carbons (Fsp3) is 0.200. The van der Waals surface area contributed by atoms with Crippen LogP contribution in [0.1, 0.15) is 6.42 Å². The monoisotopic (exact) mass is 427 g/mol. The van der Waals surface area contributed by atoms with Crippen LogP contribution in [0, 0.1) is 11.3 Å². The molecule has 2 aromatic carbocycles. The average molecular weight is 428 g/mol. The number of nitrogens with zero attached hydrogens (tertiary/aromatic N) is 4. The van der Waals surface area contributed by atoms with E-state index in [1.807, 2.05) is 47.0 Å². The smallest absolute Gasteiger partial charge is 0.230 e. The highest BCUT2D eigenvalue weighted by molar-refractivity contribution is 7.99. The van der Waals surface area contributed by atoms with Crippen molar-refractivity contribution in [2.24, 2.45) is 0 Å². The van der Waals surface area contributed by atoms with Gasteiger partial charge in [-0.1, -0.05) is 35.5 Å². The van der Waals surface area contributed by atoms with Crippen LogP contribution in [0.4, 0.5) is 0 Å². The zero-order valence-corrected chi connectivity index (χ0v) is 17.2. The zero-order valence-electron chi connectivity index (χ0n) is 15.6. The van der Waals surface area contributed by atoms with Crippen LogP contribution < -0.4 is 10.1 Å². The van der Waals surface area contributed by atoms with Crippen LogP contribution in [0.2, 0.25) is 5.02 Å². The van der Waals surface area contributed by atoms with Gasteiger partial charge in [-0.2, -0.15) is 5.26 Å². The van der Waals surface area contributed by atoms with Crippen molar-refractivity contribution in [2.45, 2.75) is 11.6 Å². The molecule has 29 heavy (non-hydrogen) atoms. The van der Waals surface area contributed by atoms with Crippen molar-refractivity contribution >= 4 is 29.3 Å². The molecule has 0 bridgehead atoms. The van der Waals surface area contributed by atoms with E-state index in [4.69, 9.17) is 21.6 Å². The summed E-state index contributed by atoms with van der Waals surface area (Å²) in [5, 5.41) is 21.1. The third-order valence-corrected chi connectivity index (χ3v) is 5.12. The minimum atomic E-state index is -0.168. The number of halogens is 1. The number of ether oxygens (including phenoxy) is 1. The molecule has 0 aliphatic rings. The van der Waals surface area contributed by atoms with Gasteiger partial charge in [0.15, 0.2) is 11.0 Å². The van der Waals surface area contributed by atoms with Gasteiger partial charge in [-0.15, -0.1) is 10.2 Å². The lowest BCUT2D eigenvalue weighted by Crippen LogP contribution is -2.26. The van der Waals surface area contributed by atoms with Crippen molar-refractivity contribution in [3.05, 3.63) is 53.6 Å². The summed E-state index contributed by atoms with van der Waals surface area (Å²) in [6.45, 7) is 0.328. The molecule has 0 aliphatic carbocycles. The van der Waals surface area contributed by atoms with E-state index >= 15 is 0 Å². The first-order valence-corrected chi connectivity index (χ1v) is 10.1. The van der Waals surface area contributed by atoms with Crippen molar-refractivity contribution in [1.82, 2.24) is 20.1 Å². The van der Waals surface area contributed by atoms with E-state index in [9.17, 15) is 4.79 Å². The predicted octanol–water partition coefficient (Wildman–Crippen LogP) is 3.72. The standard InChI is InChI=1S/C20H18ClN5O2S/c1-28-17-5-2-4-14(12-17)19-24-25-20(29-13-18(27)23-11-3-10-22)26(19)16-8-6-15(21)7-9-16/h2,4-9,12H,3,11,13H2,1H3,(H,23,27). The number of rotatable bonds is 8. The molecule has 1 amide bonds. The van der Waals surface area contributed by atoms with Gasteiger partial charge in [-0.05, 0) is 36.4 Å². The Hall–Kier alpha value is -3.02. The molecule has 0 atom stereocenters. The highest BCUT2D eigenvalue weighted by atomic mass is 35.5. The molecule has 9 heteroatoms. The van der Waals surface area contributed by atoms with Gasteiger partial charge in [0.05, 0.1) is 25.4 Å². The minimum absolute atomic E-state index is 0.162. The number of amides is 1. The molecule has 0 radical (unpaired) electrons. The predicted molar refractivity (Wildman–Crippen MR) is 112 cm³/mol. The second-order valence-corrected chi connectivity index (χ2v) is 7.28. The van der Waals surface area contributed by atoms with Crippen LogP contribution in [0.5, 0.6) is 5.75 Å². The Bertz CT molecular complexity index is 1030. The van der Waals surface area contributed by atoms with E-state index < -0.39 is 0 Å². The second-order valence-electron chi connectivity index (χ2n) is 5.90. The van der Waals surface area contributed by atoms with Crippen molar-refractivity contribution < 1.29 is 9.53 Å². The third kappa shape index (κ3) is 5.28. The van der Waals surface area contributed by atoms with Crippen LogP contribution in [0.25, 0.3) is 17.1 Å². The molecule has 3 rings (SSSR count). The largest absolute Gasteiger partial charge is 0.497 e. The summed E-state index contributed by atoms with van der Waals surface area (Å²) in [5.74, 6) is 1.33. The van der Waals surface area contributed by atoms with Crippen molar-refractivity contribution in [3.8, 4) is 28.9 Å². The van der Waals surface area contributed by atoms with Crippen LogP contribution in [0.3, 0.4) is 0 Å². The zero-order chi connectivity index (χ0) is 20.6. The van der Waals surface area contributed by atoms with E-state index in [2.05, 4.69) is 15.5 Å². The molecule has 1 N–H and O–H groups in total. The lowest BCUT2D eigenvalue weighted by molar-refractivity contribution is -0.118. The first kappa shape index (κ1) is 20.7. The van der Waals surface area contributed by atoms with Crippen molar-refractivity contribution in [3.63, 3.8) is 0 Å². The Kier molecular flexibility index (Phi) is 7.11. The Morgan fingerprint density at radius 2 is 2.07 bits per heavy atom. The number of nitriles is 1. The maximum atomic E-state index is 12.0. The summed E-state index contributed by atoms with van der Waals surface area (Å²) in [4.78, 5) is 12.0. The molecule has 1 heterocycles. The number of nitrogens with one attached hydrogen (secondary N) is 1. The van der Waals surface area contributed by atoms with E-state index in [-0.39, 0.29) is 18.1 Å². The van der Waals surface area contributed by atoms with E-state index in [0.29, 0.717) is 28.3 Å². The highest BCUT2D eigenvalue weighted by Gasteiger charge is 2.17. The fourth-order valence-corrected chi connectivity index (χ4v) is 3.48. The molecule has 0 aliphatic heterocycles. The van der Waals surface area contributed by atoms with E-state index in [1.54, 1.807) is 19.2 Å². The first-order chi connectivity index (χ1) is 14.1. The number of thioether (sulfide) groups is 1. The normalized spacial score (nSPS) is 10.4. The second kappa shape index (κ2) is 9.96. The molecular formula is C20H18ClN5O2S. The van der Waals surface area contributed by atoms with Gasteiger partial charge in [0.1, 0.15) is 5.75 Å². The highest BCUT2D eigenvalue weighted by Crippen LogP contribution is 2.30. The molecule has 0 spiro atoms. The molecule has 0 fully saturated rings. The summed E-state index contributed by atoms with van der Waals surface area (Å²) in [6.07, 6.45) is 0.275. The molecule has 7 nitrogen and oxygen atoms in total. The molecule has 0 saturated carbocycles. The third-order valence-electron chi connectivity index (χ3n) is 3.94. The summed E-state index contributed by atoms with van der Waals surface area (Å²) in [5.41, 5.74) is 1.65. The van der Waals surface area contributed by atoms with Gasteiger partial charge in [0.2, 0.25) is 5.91 Å². The maximum Gasteiger partial charge on any atom is 0.230 e. The summed E-state index contributed by atoms with van der Waals surface area (Å²) in [6, 6.07) is 16.8. The van der Waals surface area contributed by atoms with E-state index in [1.165, 1.54) is 11.8 Å². The van der Waals surface area contributed by atoms with Gasteiger partial charge in [0, 0.05) is 22.8 Å². The number of aromatic nitrogens is 3. The number of carbonyl (C=O) groups is 1. The number of benzene rings is 2. The van der Waals surface area contributed by atoms with Gasteiger partial charge < -0.3 is 10.1 Å². The quantitative estimate of drug-likeness (QED) is 0.435. The Morgan fingerprint density at radius 3 is 2.79 bits per heavy atom. The summed E-state index contributed by atoms with van der Waals surface area (Å²) < 4.78 is 7.19. The number of methoxy groups -OCH3 is 1. The molecule has 1 aromatic heterocycles. The number of hydrogen-bond acceptors (Lipinski definition) is 6. The lowest BCUT2D eigenvalue weighted by atomic mass is 10.2. The minimum Gasteiger partial charge on any atom is -0.497 e. The Morgan fingerprint density at radius 1 is 1.28 bits per heavy atom. The van der Waals surface area contributed by atoms with E-state index in [0.717, 1.165) is 11.3 Å². The summed E-state index contributed by atoms with van der Waals surface area (Å²) in [7, 11) is 1.61. The van der Waals surface area contributed by atoms with Crippen LogP contribution >= 0.6 is 23.4 Å². The topological polar surface area (TPSA) is 92.8 Å². The SMILES string of the molecule is COc1cccc(-c2nnc(SCC(=O)NCCC#N)n2-c2ccc(Cl)cc2)c1. The molecule has 0 saturated heterocycles. The molecule has 3 aromatic rings. The molecule has 148 valence electrons. The summed E-state index contributed by atoms with van der Waals surface area (Å²) >= 11 is 7.30. The Labute approximate surface area is 177 Å². The van der Waals surface area contributed by atoms with Crippen LogP contribution in [-0.2, 0) is 4.79 Å². The van der Waals surface area contributed by atoms with Crippen LogP contribution in [0.15, 0.2) is 53.7 Å². The lowest BCUT2D eigenvalue weighted by Gasteiger charge is -2.11. The van der Waals surface area contributed by atoms with Gasteiger partial charge in [0.25, 0.3) is 0 Å². The molecule has 0 unspecified atom stereocenters. The fourth-order valence-electron chi connectivity index (χ4n) is 2.57. The van der Waals surface area contributed by atoms with Crippen molar-refractivity contribution in [1.29, 1.82) is 5.26 Å². The van der Waals surface area contributed by atoms with Gasteiger partial charge >= 0.3 is 0 Å². The average Bonchev–Trinajstić information content (AvgIpc) is 3.17. The van der Waals surface area contributed by atoms with Gasteiger partial charge in [-0.25, -0.2) is 0 Å². The number of carbonyl (C=O) groups excluding carboxylic acids is 1. The van der Waals surface area contributed by atoms with Crippen LogP contribution in [-0.4, -0.2) is 40.1 Å². The molecular weight excluding hydrogens is 410 g/mol. The Balaban J connectivity index is 1.92. The maximum absolute atomic E-state index is 12.0. The van der Waals surface area contributed by atoms with Gasteiger partial charge in [-0.3, -0.25) is 9.36 Å². The van der Waals surface area contributed by atoms with Crippen molar-refractivity contribution in [2.75, 3.05) is 19.4 Å². The first-order valence-electron chi connectivity index (χ1n) is 8.74.